The molecule has 1 aromatic carbocycles. The average molecular weight is 340 g/mol. The zero-order valence-corrected chi connectivity index (χ0v) is 14.5. The Kier molecular flexibility index (Phi) is 5.14. The molecule has 1 fully saturated rings. The maximum absolute atomic E-state index is 12.1. The van der Waals surface area contributed by atoms with Crippen LogP contribution in [0, 0.1) is 6.92 Å². The highest BCUT2D eigenvalue weighted by Crippen LogP contribution is 2.23. The molecular weight excluding hydrogens is 316 g/mol. The number of nitrogens with one attached hydrogen (secondary N) is 3. The Morgan fingerprint density at radius 3 is 2.84 bits per heavy atom. The van der Waals surface area contributed by atoms with E-state index in [1.165, 1.54) is 0 Å². The lowest BCUT2D eigenvalue weighted by Crippen LogP contribution is -2.23. The van der Waals surface area contributed by atoms with Crippen LogP contribution in [0.3, 0.4) is 0 Å². The second-order valence-electron chi connectivity index (χ2n) is 6.44. The van der Waals surface area contributed by atoms with Crippen LogP contribution in [-0.4, -0.2) is 35.0 Å². The predicted molar refractivity (Wildman–Crippen MR) is 99.1 cm³/mol. The van der Waals surface area contributed by atoms with Crippen LogP contribution in [0.5, 0.6) is 0 Å². The quantitative estimate of drug-likeness (QED) is 0.665. The summed E-state index contributed by atoms with van der Waals surface area (Å²) in [6.07, 6.45) is 4.45. The van der Waals surface area contributed by atoms with Crippen molar-refractivity contribution in [1.82, 2.24) is 15.3 Å². The van der Waals surface area contributed by atoms with E-state index in [2.05, 4.69) is 25.9 Å². The summed E-state index contributed by atoms with van der Waals surface area (Å²) < 4.78 is 0. The summed E-state index contributed by atoms with van der Waals surface area (Å²) in [6.45, 7) is 2.02. The van der Waals surface area contributed by atoms with Crippen LogP contribution in [0.2, 0.25) is 0 Å². The summed E-state index contributed by atoms with van der Waals surface area (Å²) >= 11 is 0. The monoisotopic (exact) mass is 340 g/mol. The van der Waals surface area contributed by atoms with E-state index in [4.69, 9.17) is 5.73 Å². The molecule has 1 aliphatic carbocycles. The fourth-order valence-electron chi connectivity index (χ4n) is 3.04. The lowest BCUT2D eigenvalue weighted by Gasteiger charge is -2.15. The second kappa shape index (κ2) is 7.48. The fourth-order valence-corrected chi connectivity index (χ4v) is 3.04. The molecule has 7 heteroatoms. The van der Waals surface area contributed by atoms with Gasteiger partial charge in [0.2, 0.25) is 5.95 Å². The minimum atomic E-state index is -0.232. The van der Waals surface area contributed by atoms with Crippen LogP contribution in [-0.2, 0) is 0 Å². The smallest absolute Gasteiger partial charge is 0.256 e. The molecule has 3 rings (SSSR count). The molecule has 2 unspecified atom stereocenters. The first kappa shape index (κ1) is 17.2. The molecule has 132 valence electrons. The van der Waals surface area contributed by atoms with Crippen molar-refractivity contribution < 1.29 is 4.79 Å². The number of nitrogens with zero attached hydrogens (tertiary/aromatic N) is 2. The Morgan fingerprint density at radius 1 is 1.32 bits per heavy atom. The van der Waals surface area contributed by atoms with Crippen LogP contribution in [0.15, 0.2) is 30.5 Å². The largest absolute Gasteiger partial charge is 0.355 e. The third-order valence-corrected chi connectivity index (χ3v) is 4.35. The number of amides is 1. The first-order valence-electron chi connectivity index (χ1n) is 8.50. The Hall–Kier alpha value is -2.67. The third kappa shape index (κ3) is 4.24. The summed E-state index contributed by atoms with van der Waals surface area (Å²) in [4.78, 5) is 20.9. The minimum Gasteiger partial charge on any atom is -0.355 e. The summed E-state index contributed by atoms with van der Waals surface area (Å²) in [6, 6.07) is 8.41. The molecule has 25 heavy (non-hydrogen) atoms. The Morgan fingerprint density at radius 2 is 2.16 bits per heavy atom. The van der Waals surface area contributed by atoms with Crippen LogP contribution in [0.1, 0.15) is 35.2 Å². The van der Waals surface area contributed by atoms with Gasteiger partial charge in [-0.2, -0.15) is 4.98 Å². The molecule has 2 atom stereocenters. The van der Waals surface area contributed by atoms with E-state index in [9.17, 15) is 4.79 Å². The van der Waals surface area contributed by atoms with Crippen molar-refractivity contribution in [2.45, 2.75) is 38.3 Å². The Balaban J connectivity index is 1.86. The van der Waals surface area contributed by atoms with Gasteiger partial charge in [-0.3, -0.25) is 4.79 Å². The molecule has 2 aromatic rings. The van der Waals surface area contributed by atoms with Crippen LogP contribution >= 0.6 is 0 Å². The Bertz CT molecular complexity index is 763. The van der Waals surface area contributed by atoms with Gasteiger partial charge in [0.15, 0.2) is 0 Å². The molecule has 0 aliphatic heterocycles. The molecule has 1 amide bonds. The van der Waals surface area contributed by atoms with Gasteiger partial charge in [-0.05, 0) is 43.9 Å². The number of hydrogen-bond donors (Lipinski definition) is 4. The molecule has 0 radical (unpaired) electrons. The number of carbonyl (C=O) groups excluding carboxylic acids is 1. The standard InChI is InChI=1S/C18H24N6O/c1-11-4-3-5-13(8-11)22-16-15(17(25)20-2)10-21-18(24-16)23-14-7-6-12(19)9-14/h3-5,8,10,12,14H,6-7,9,19H2,1-2H3,(H,20,25)(H2,21,22,23,24). The zero-order valence-electron chi connectivity index (χ0n) is 14.5. The highest BCUT2D eigenvalue weighted by Gasteiger charge is 2.23. The van der Waals surface area contributed by atoms with Crippen LogP contribution in [0.25, 0.3) is 0 Å². The summed E-state index contributed by atoms with van der Waals surface area (Å²) in [7, 11) is 1.59. The molecule has 5 N–H and O–H groups in total. The maximum Gasteiger partial charge on any atom is 0.256 e. The third-order valence-electron chi connectivity index (χ3n) is 4.35. The second-order valence-corrected chi connectivity index (χ2v) is 6.44. The van der Waals surface area contributed by atoms with E-state index in [0.29, 0.717) is 17.3 Å². The molecule has 0 spiro atoms. The van der Waals surface area contributed by atoms with Crippen molar-refractivity contribution in [3.05, 3.63) is 41.6 Å². The fraction of sp³-hybridized carbons (Fsp3) is 0.389. The number of rotatable bonds is 5. The highest BCUT2D eigenvalue weighted by atomic mass is 16.1. The number of carbonyl (C=O) groups is 1. The summed E-state index contributed by atoms with van der Waals surface area (Å²) in [5.74, 6) is 0.747. The molecule has 7 nitrogen and oxygen atoms in total. The van der Waals surface area contributed by atoms with Gasteiger partial charge in [-0.1, -0.05) is 12.1 Å². The van der Waals surface area contributed by atoms with Crippen molar-refractivity contribution >= 4 is 23.4 Å². The van der Waals surface area contributed by atoms with Gasteiger partial charge in [-0.15, -0.1) is 0 Å². The molecule has 0 saturated heterocycles. The van der Waals surface area contributed by atoms with Gasteiger partial charge in [-0.25, -0.2) is 4.98 Å². The molecule has 1 aromatic heterocycles. The van der Waals surface area contributed by atoms with Gasteiger partial charge in [0, 0.05) is 31.0 Å². The Labute approximate surface area is 147 Å². The number of nitrogens with two attached hydrogens (primary N) is 1. The van der Waals surface area contributed by atoms with Gasteiger partial charge < -0.3 is 21.7 Å². The van der Waals surface area contributed by atoms with Crippen LogP contribution in [0.4, 0.5) is 17.5 Å². The minimum absolute atomic E-state index is 0.229. The number of anilines is 3. The van der Waals surface area contributed by atoms with Crippen molar-refractivity contribution in [2.24, 2.45) is 5.73 Å². The van der Waals surface area contributed by atoms with E-state index >= 15 is 0 Å². The molecule has 1 heterocycles. The summed E-state index contributed by atoms with van der Waals surface area (Å²) in [5.41, 5.74) is 8.36. The SMILES string of the molecule is CNC(=O)c1cnc(NC2CCC(N)C2)nc1Nc1cccc(C)c1. The maximum atomic E-state index is 12.1. The normalized spacial score (nSPS) is 19.5. The number of benzene rings is 1. The van der Waals surface area contributed by atoms with E-state index in [-0.39, 0.29) is 18.0 Å². The van der Waals surface area contributed by atoms with Crippen molar-refractivity contribution in [2.75, 3.05) is 17.7 Å². The van der Waals surface area contributed by atoms with Gasteiger partial charge in [0.1, 0.15) is 11.4 Å². The van der Waals surface area contributed by atoms with E-state index in [1.54, 1.807) is 13.2 Å². The number of aromatic nitrogens is 2. The van der Waals surface area contributed by atoms with Crippen molar-refractivity contribution in [1.29, 1.82) is 0 Å². The van der Waals surface area contributed by atoms with E-state index in [0.717, 1.165) is 30.5 Å². The number of hydrogen-bond acceptors (Lipinski definition) is 6. The first-order valence-corrected chi connectivity index (χ1v) is 8.50. The zero-order chi connectivity index (χ0) is 17.8. The molecule has 1 saturated carbocycles. The molecular formula is C18H24N6O. The van der Waals surface area contributed by atoms with Crippen LogP contribution < -0.4 is 21.7 Å². The average Bonchev–Trinajstić information content (AvgIpc) is 2.99. The summed E-state index contributed by atoms with van der Waals surface area (Å²) in [5, 5.41) is 9.17. The lowest BCUT2D eigenvalue weighted by atomic mass is 10.2. The highest BCUT2D eigenvalue weighted by molar-refractivity contribution is 5.99. The molecule has 1 aliphatic rings. The topological polar surface area (TPSA) is 105 Å². The van der Waals surface area contributed by atoms with E-state index in [1.807, 2.05) is 31.2 Å². The predicted octanol–water partition coefficient (Wildman–Crippen LogP) is 2.18. The van der Waals surface area contributed by atoms with Crippen molar-refractivity contribution in [3.8, 4) is 0 Å². The first-order chi connectivity index (χ1) is 12.0. The van der Waals surface area contributed by atoms with E-state index < -0.39 is 0 Å². The van der Waals surface area contributed by atoms with Gasteiger partial charge in [0.25, 0.3) is 5.91 Å². The van der Waals surface area contributed by atoms with Gasteiger partial charge >= 0.3 is 0 Å². The van der Waals surface area contributed by atoms with Gasteiger partial charge in [0.05, 0.1) is 0 Å². The molecule has 0 bridgehead atoms. The van der Waals surface area contributed by atoms with Crippen molar-refractivity contribution in [3.63, 3.8) is 0 Å². The lowest BCUT2D eigenvalue weighted by molar-refractivity contribution is 0.0963. The number of aryl methyl sites for hydroxylation is 1.